The van der Waals surface area contributed by atoms with Gasteiger partial charge in [-0.15, -0.1) is 11.3 Å². The van der Waals surface area contributed by atoms with Crippen molar-refractivity contribution >= 4 is 44.8 Å². The van der Waals surface area contributed by atoms with E-state index >= 15 is 0 Å². The van der Waals surface area contributed by atoms with Gasteiger partial charge in [0.25, 0.3) is 5.91 Å². The van der Waals surface area contributed by atoms with Gasteiger partial charge in [0, 0.05) is 17.1 Å². The molecule has 0 spiro atoms. The number of nitrogens with zero attached hydrogens (tertiary/aromatic N) is 2. The Morgan fingerprint density at radius 3 is 2.47 bits per heavy atom. The van der Waals surface area contributed by atoms with Gasteiger partial charge < -0.3 is 0 Å². The van der Waals surface area contributed by atoms with E-state index in [4.69, 9.17) is 0 Å². The molecular weight excluding hydrogens is 433 g/mol. The summed E-state index contributed by atoms with van der Waals surface area (Å²) in [5, 5.41) is 0. The van der Waals surface area contributed by atoms with Crippen LogP contribution in [0.1, 0.15) is 21.5 Å². The first-order valence-electron chi connectivity index (χ1n) is 9.03. The van der Waals surface area contributed by atoms with Crippen molar-refractivity contribution < 1.29 is 27.2 Å². The number of halogens is 1. The number of amides is 3. The average Bonchev–Trinajstić information content (AvgIpc) is 3.21. The van der Waals surface area contributed by atoms with Crippen molar-refractivity contribution in [1.82, 2.24) is 9.62 Å². The van der Waals surface area contributed by atoms with Gasteiger partial charge >= 0.3 is 6.03 Å². The Morgan fingerprint density at radius 1 is 1.17 bits per heavy atom. The van der Waals surface area contributed by atoms with Gasteiger partial charge in [0.15, 0.2) is 5.78 Å². The van der Waals surface area contributed by atoms with Crippen LogP contribution in [0.15, 0.2) is 36.4 Å². The van der Waals surface area contributed by atoms with E-state index < -0.39 is 46.1 Å². The van der Waals surface area contributed by atoms with Crippen LogP contribution >= 0.6 is 11.3 Å². The van der Waals surface area contributed by atoms with Gasteiger partial charge in [-0.2, -0.15) is 0 Å². The number of carbonyl (C=O) groups is 3. The number of benzene rings is 1. The Labute approximate surface area is 177 Å². The van der Waals surface area contributed by atoms with E-state index in [1.165, 1.54) is 40.5 Å². The molecule has 8 nitrogen and oxygen atoms in total. The SMILES string of the molecule is C[C@H]1C(=O)N(CC(=O)c2ccc(CCNS(C)(=O)=O)s2)C(=O)N1c1ccc(F)cc1. The third-order valence-electron chi connectivity index (χ3n) is 4.53. The van der Waals surface area contributed by atoms with Gasteiger partial charge in [-0.3, -0.25) is 19.4 Å². The van der Waals surface area contributed by atoms with Crippen molar-refractivity contribution in [2.24, 2.45) is 0 Å². The molecule has 1 N–H and O–H groups in total. The minimum Gasteiger partial charge on any atom is -0.291 e. The number of hydrogen-bond acceptors (Lipinski definition) is 6. The zero-order valence-electron chi connectivity index (χ0n) is 16.3. The lowest BCUT2D eigenvalue weighted by Crippen LogP contribution is -2.36. The Morgan fingerprint density at radius 2 is 1.83 bits per heavy atom. The molecule has 1 saturated heterocycles. The van der Waals surface area contributed by atoms with Gasteiger partial charge in [-0.1, -0.05) is 0 Å². The van der Waals surface area contributed by atoms with Crippen molar-refractivity contribution in [3.8, 4) is 0 Å². The van der Waals surface area contributed by atoms with Crippen molar-refractivity contribution in [3.63, 3.8) is 0 Å². The highest BCUT2D eigenvalue weighted by molar-refractivity contribution is 7.88. The maximum atomic E-state index is 13.2. The molecule has 1 fully saturated rings. The molecule has 11 heteroatoms. The largest absolute Gasteiger partial charge is 0.332 e. The Hall–Kier alpha value is -2.63. The number of sulfonamides is 1. The van der Waals surface area contributed by atoms with Gasteiger partial charge in [0.2, 0.25) is 10.0 Å². The van der Waals surface area contributed by atoms with Gasteiger partial charge in [0.05, 0.1) is 17.7 Å². The van der Waals surface area contributed by atoms with Crippen LogP contribution in [0.25, 0.3) is 0 Å². The third-order valence-corrected chi connectivity index (χ3v) is 6.44. The van der Waals surface area contributed by atoms with E-state index in [9.17, 15) is 27.2 Å². The van der Waals surface area contributed by atoms with Crippen LogP contribution in [-0.4, -0.2) is 56.4 Å². The van der Waals surface area contributed by atoms with Gasteiger partial charge in [0.1, 0.15) is 11.9 Å². The molecule has 2 heterocycles. The second-order valence-electron chi connectivity index (χ2n) is 6.83. The second-order valence-corrected chi connectivity index (χ2v) is 9.84. The first-order chi connectivity index (χ1) is 14.1. The highest BCUT2D eigenvalue weighted by Gasteiger charge is 2.44. The number of urea groups is 1. The van der Waals surface area contributed by atoms with E-state index in [1.54, 1.807) is 19.1 Å². The summed E-state index contributed by atoms with van der Waals surface area (Å²) in [7, 11) is -3.29. The van der Waals surface area contributed by atoms with Crippen LogP contribution in [0, 0.1) is 5.82 Å². The number of nitrogens with one attached hydrogen (secondary N) is 1. The number of anilines is 1. The minimum absolute atomic E-state index is 0.209. The predicted molar refractivity (Wildman–Crippen MR) is 111 cm³/mol. The van der Waals surface area contributed by atoms with Gasteiger partial charge in [-0.25, -0.2) is 22.3 Å². The number of Topliss-reactive ketones (excluding diaryl/α,β-unsaturated/α-hetero) is 1. The third kappa shape index (κ3) is 4.91. The van der Waals surface area contributed by atoms with E-state index in [2.05, 4.69) is 4.72 Å². The summed E-state index contributed by atoms with van der Waals surface area (Å²) in [6, 6.07) is 7.05. The number of thiophene rings is 1. The molecule has 1 aromatic carbocycles. The quantitative estimate of drug-likeness (QED) is 0.487. The van der Waals surface area contributed by atoms with Crippen LogP contribution in [0.3, 0.4) is 0 Å². The van der Waals surface area contributed by atoms with Crippen LogP contribution in [0.4, 0.5) is 14.9 Å². The Bertz CT molecular complexity index is 1080. The van der Waals surface area contributed by atoms with Crippen LogP contribution in [-0.2, 0) is 21.2 Å². The maximum Gasteiger partial charge on any atom is 0.332 e. The number of ketones is 1. The Balaban J connectivity index is 1.67. The minimum atomic E-state index is -3.29. The topological polar surface area (TPSA) is 104 Å². The fourth-order valence-corrected chi connectivity index (χ4v) is 4.46. The summed E-state index contributed by atoms with van der Waals surface area (Å²) >= 11 is 1.19. The highest BCUT2D eigenvalue weighted by atomic mass is 32.2. The summed E-state index contributed by atoms with van der Waals surface area (Å²) in [5.41, 5.74) is 0.369. The summed E-state index contributed by atoms with van der Waals surface area (Å²) < 4.78 is 37.8. The van der Waals surface area contributed by atoms with E-state index in [1.807, 2.05) is 0 Å². The molecule has 3 rings (SSSR count). The van der Waals surface area contributed by atoms with E-state index in [-0.39, 0.29) is 6.54 Å². The molecule has 1 aromatic heterocycles. The van der Waals surface area contributed by atoms with Crippen LogP contribution in [0.2, 0.25) is 0 Å². The number of rotatable bonds is 8. The molecule has 1 aliphatic heterocycles. The lowest BCUT2D eigenvalue weighted by molar-refractivity contribution is -0.126. The molecule has 1 atom stereocenters. The number of imide groups is 1. The smallest absolute Gasteiger partial charge is 0.291 e. The van der Waals surface area contributed by atoms with Gasteiger partial charge in [-0.05, 0) is 49.7 Å². The molecule has 2 aromatic rings. The molecule has 0 unspecified atom stereocenters. The molecule has 0 saturated carbocycles. The van der Waals surface area contributed by atoms with E-state index in [0.29, 0.717) is 17.0 Å². The molecule has 30 heavy (non-hydrogen) atoms. The number of hydrogen-bond donors (Lipinski definition) is 1. The number of carbonyl (C=O) groups excluding carboxylic acids is 3. The molecule has 0 aliphatic carbocycles. The fourth-order valence-electron chi connectivity index (χ4n) is 3.05. The first-order valence-corrected chi connectivity index (χ1v) is 11.7. The van der Waals surface area contributed by atoms with Crippen LogP contribution < -0.4 is 9.62 Å². The normalized spacial score (nSPS) is 17.1. The van der Waals surface area contributed by atoms with Crippen molar-refractivity contribution in [1.29, 1.82) is 0 Å². The first kappa shape index (κ1) is 22.1. The zero-order chi connectivity index (χ0) is 22.1. The van der Waals surface area contributed by atoms with Crippen molar-refractivity contribution in [3.05, 3.63) is 52.0 Å². The van der Waals surface area contributed by atoms with Crippen LogP contribution in [0.5, 0.6) is 0 Å². The maximum absolute atomic E-state index is 13.2. The molecule has 160 valence electrons. The lowest BCUT2D eigenvalue weighted by Gasteiger charge is -2.19. The lowest BCUT2D eigenvalue weighted by atomic mass is 10.2. The van der Waals surface area contributed by atoms with E-state index in [0.717, 1.165) is 16.0 Å². The Kier molecular flexibility index (Phi) is 6.34. The second kappa shape index (κ2) is 8.62. The molecule has 1 aliphatic rings. The monoisotopic (exact) mass is 453 g/mol. The van der Waals surface area contributed by atoms with Crippen molar-refractivity contribution in [2.75, 3.05) is 24.2 Å². The summed E-state index contributed by atoms with van der Waals surface area (Å²) in [6.45, 7) is 1.35. The molecule has 3 amide bonds. The molecule has 0 radical (unpaired) electrons. The zero-order valence-corrected chi connectivity index (χ0v) is 17.9. The molecular formula is C19H20FN3O5S2. The fraction of sp³-hybridized carbons (Fsp3) is 0.316. The summed E-state index contributed by atoms with van der Waals surface area (Å²) in [4.78, 5) is 41.2. The summed E-state index contributed by atoms with van der Waals surface area (Å²) in [6.07, 6.45) is 1.48. The molecule has 0 bridgehead atoms. The predicted octanol–water partition coefficient (Wildman–Crippen LogP) is 2.02. The summed E-state index contributed by atoms with van der Waals surface area (Å²) in [5.74, 6) is -1.36. The average molecular weight is 454 g/mol. The standard InChI is InChI=1S/C19H20FN3O5S2/c1-12-18(25)22(19(26)23(12)14-5-3-13(20)4-6-14)11-16(24)17-8-7-15(29-17)9-10-21-30(2,27)28/h3-8,12,21H,9-11H2,1-2H3/t12-/m0/s1. The van der Waals surface area contributed by atoms with Crippen molar-refractivity contribution in [2.45, 2.75) is 19.4 Å². The highest BCUT2D eigenvalue weighted by Crippen LogP contribution is 2.27.